The molecule has 0 amide bonds. The summed E-state index contributed by atoms with van der Waals surface area (Å²) in [5.74, 6) is 0.879. The number of anilines is 1. The predicted molar refractivity (Wildman–Crippen MR) is 85.7 cm³/mol. The fraction of sp³-hybridized carbons (Fsp3) is 0.200. The molecule has 20 heavy (non-hydrogen) atoms. The molecule has 102 valence electrons. The fourth-order valence-electron chi connectivity index (χ4n) is 2.22. The van der Waals surface area contributed by atoms with Crippen LogP contribution in [0.1, 0.15) is 11.1 Å². The number of hydrogen-bond acceptors (Lipinski definition) is 4. The van der Waals surface area contributed by atoms with Crippen molar-refractivity contribution in [2.75, 3.05) is 11.9 Å². The molecule has 0 unspecified atom stereocenters. The van der Waals surface area contributed by atoms with E-state index in [0.29, 0.717) is 5.28 Å². The highest BCUT2D eigenvalue weighted by atomic mass is 35.5. The van der Waals surface area contributed by atoms with Crippen LogP contribution < -0.4 is 4.90 Å². The molecule has 0 saturated carbocycles. The fourth-order valence-corrected chi connectivity index (χ4v) is 3.20. The Kier molecular flexibility index (Phi) is 3.59. The van der Waals surface area contributed by atoms with Crippen LogP contribution in [0, 0.1) is 6.92 Å². The molecule has 5 heteroatoms. The first-order valence-corrected chi connectivity index (χ1v) is 7.57. The number of aromatic nitrogens is 2. The molecule has 0 bridgehead atoms. The second-order valence-electron chi connectivity index (χ2n) is 4.74. The molecule has 3 rings (SSSR count). The largest absolute Gasteiger partial charge is 0.355 e. The number of hydrogen-bond donors (Lipinski definition) is 0. The second kappa shape index (κ2) is 5.38. The zero-order valence-electron chi connectivity index (χ0n) is 11.3. The summed E-state index contributed by atoms with van der Waals surface area (Å²) in [5, 5.41) is 3.36. The van der Waals surface area contributed by atoms with Crippen molar-refractivity contribution in [3.8, 4) is 0 Å². The minimum atomic E-state index is 0.298. The Bertz CT molecular complexity index is 754. The van der Waals surface area contributed by atoms with Gasteiger partial charge >= 0.3 is 0 Å². The molecule has 0 N–H and O–H groups in total. The number of thiophene rings is 1. The van der Waals surface area contributed by atoms with E-state index in [4.69, 9.17) is 11.6 Å². The summed E-state index contributed by atoms with van der Waals surface area (Å²) in [7, 11) is 2.03. The Balaban J connectivity index is 1.98. The van der Waals surface area contributed by atoms with Gasteiger partial charge in [-0.2, -0.15) is 4.98 Å². The van der Waals surface area contributed by atoms with E-state index in [9.17, 15) is 0 Å². The summed E-state index contributed by atoms with van der Waals surface area (Å²) in [5.41, 5.74) is 2.56. The lowest BCUT2D eigenvalue weighted by Gasteiger charge is -2.20. The van der Waals surface area contributed by atoms with Gasteiger partial charge in [0.15, 0.2) is 0 Å². The van der Waals surface area contributed by atoms with E-state index < -0.39 is 0 Å². The smallest absolute Gasteiger partial charge is 0.225 e. The van der Waals surface area contributed by atoms with E-state index in [1.165, 1.54) is 11.1 Å². The summed E-state index contributed by atoms with van der Waals surface area (Å²) in [4.78, 5) is 11.7. The van der Waals surface area contributed by atoms with Crippen LogP contribution in [0.2, 0.25) is 5.28 Å². The molecular formula is C15H14ClN3S. The summed E-state index contributed by atoms with van der Waals surface area (Å²) in [6.45, 7) is 2.92. The maximum atomic E-state index is 6.02. The Labute approximate surface area is 126 Å². The second-order valence-corrected chi connectivity index (χ2v) is 5.97. The quantitative estimate of drug-likeness (QED) is 0.676. The average Bonchev–Trinajstić information content (AvgIpc) is 2.88. The highest BCUT2D eigenvalue weighted by Gasteiger charge is 2.12. The maximum Gasteiger partial charge on any atom is 0.225 e. The van der Waals surface area contributed by atoms with Crippen molar-refractivity contribution in [1.29, 1.82) is 0 Å². The molecule has 3 aromatic rings. The van der Waals surface area contributed by atoms with Gasteiger partial charge in [-0.3, -0.25) is 0 Å². The predicted octanol–water partition coefficient (Wildman–Crippen LogP) is 4.29. The van der Waals surface area contributed by atoms with Crippen molar-refractivity contribution in [1.82, 2.24) is 9.97 Å². The first-order chi connectivity index (χ1) is 9.65. The van der Waals surface area contributed by atoms with Gasteiger partial charge in [-0.1, -0.05) is 24.3 Å². The van der Waals surface area contributed by atoms with Gasteiger partial charge in [0.1, 0.15) is 10.6 Å². The van der Waals surface area contributed by atoms with Crippen molar-refractivity contribution in [2.24, 2.45) is 0 Å². The number of nitrogens with zero attached hydrogens (tertiary/aromatic N) is 3. The average molecular weight is 304 g/mol. The van der Waals surface area contributed by atoms with Gasteiger partial charge in [-0.05, 0) is 41.1 Å². The van der Waals surface area contributed by atoms with Crippen LogP contribution in [0.3, 0.4) is 0 Å². The summed E-state index contributed by atoms with van der Waals surface area (Å²) >= 11 is 7.60. The molecule has 0 aliphatic carbocycles. The number of benzene rings is 1. The molecule has 0 spiro atoms. The van der Waals surface area contributed by atoms with Crippen LogP contribution in [0.15, 0.2) is 35.7 Å². The molecule has 2 aromatic heterocycles. The molecule has 1 aromatic carbocycles. The van der Waals surface area contributed by atoms with Gasteiger partial charge in [0.25, 0.3) is 0 Å². The third-order valence-corrected chi connectivity index (χ3v) is 4.28. The van der Waals surface area contributed by atoms with Gasteiger partial charge in [0.05, 0.1) is 5.39 Å². The lowest BCUT2D eigenvalue weighted by atomic mass is 10.1. The summed E-state index contributed by atoms with van der Waals surface area (Å²) in [6, 6.07) is 10.4. The molecule has 0 radical (unpaired) electrons. The van der Waals surface area contributed by atoms with E-state index in [0.717, 1.165) is 22.6 Å². The van der Waals surface area contributed by atoms with Gasteiger partial charge in [-0.15, -0.1) is 11.3 Å². The van der Waals surface area contributed by atoms with Crippen LogP contribution in [0.4, 0.5) is 5.82 Å². The minimum absolute atomic E-state index is 0.298. The minimum Gasteiger partial charge on any atom is -0.355 e. The van der Waals surface area contributed by atoms with Gasteiger partial charge < -0.3 is 4.90 Å². The zero-order chi connectivity index (χ0) is 14.1. The van der Waals surface area contributed by atoms with E-state index in [1.54, 1.807) is 11.3 Å². The standard InChI is InChI=1S/C15H14ClN3S/c1-10-5-3-4-6-11(10)9-19(2)13-12-7-8-20-14(12)18-15(16)17-13/h3-8H,9H2,1-2H3. The van der Waals surface area contributed by atoms with Crippen LogP contribution in [-0.4, -0.2) is 17.0 Å². The number of aryl methyl sites for hydroxylation is 1. The van der Waals surface area contributed by atoms with E-state index in [2.05, 4.69) is 46.1 Å². The normalized spacial score (nSPS) is 10.9. The van der Waals surface area contributed by atoms with Crippen LogP contribution in [0.25, 0.3) is 10.2 Å². The van der Waals surface area contributed by atoms with Crippen molar-refractivity contribution in [3.05, 3.63) is 52.1 Å². The van der Waals surface area contributed by atoms with Crippen LogP contribution >= 0.6 is 22.9 Å². The van der Waals surface area contributed by atoms with Crippen LogP contribution in [-0.2, 0) is 6.54 Å². The Hall–Kier alpha value is -1.65. The lowest BCUT2D eigenvalue weighted by Crippen LogP contribution is -2.18. The molecule has 3 nitrogen and oxygen atoms in total. The molecule has 0 atom stereocenters. The Morgan fingerprint density at radius 1 is 1.20 bits per heavy atom. The summed E-state index contributed by atoms with van der Waals surface area (Å²) < 4.78 is 0. The van der Waals surface area contributed by atoms with E-state index in [-0.39, 0.29) is 0 Å². The topological polar surface area (TPSA) is 29.0 Å². The third kappa shape index (κ3) is 2.49. The molecule has 0 fully saturated rings. The molecule has 0 aliphatic rings. The lowest BCUT2D eigenvalue weighted by molar-refractivity contribution is 0.894. The van der Waals surface area contributed by atoms with Gasteiger partial charge in [-0.25, -0.2) is 4.98 Å². The molecule has 0 aliphatic heterocycles. The van der Waals surface area contributed by atoms with E-state index in [1.807, 2.05) is 18.5 Å². The van der Waals surface area contributed by atoms with Crippen molar-refractivity contribution in [3.63, 3.8) is 0 Å². The van der Waals surface area contributed by atoms with Crippen LogP contribution in [0.5, 0.6) is 0 Å². The molecular weight excluding hydrogens is 290 g/mol. The number of rotatable bonds is 3. The molecule has 2 heterocycles. The highest BCUT2D eigenvalue weighted by Crippen LogP contribution is 2.29. The van der Waals surface area contributed by atoms with Gasteiger partial charge in [0, 0.05) is 13.6 Å². The van der Waals surface area contributed by atoms with Crippen molar-refractivity contribution < 1.29 is 0 Å². The monoisotopic (exact) mass is 303 g/mol. The van der Waals surface area contributed by atoms with Crippen molar-refractivity contribution in [2.45, 2.75) is 13.5 Å². The SMILES string of the molecule is Cc1ccccc1CN(C)c1nc(Cl)nc2sccc12. The Morgan fingerprint density at radius 2 is 2.00 bits per heavy atom. The third-order valence-electron chi connectivity index (χ3n) is 3.31. The number of fused-ring (bicyclic) bond motifs is 1. The first kappa shape index (κ1) is 13.3. The first-order valence-electron chi connectivity index (χ1n) is 6.31. The number of halogens is 1. The molecule has 0 saturated heterocycles. The maximum absolute atomic E-state index is 6.02. The Morgan fingerprint density at radius 3 is 2.80 bits per heavy atom. The zero-order valence-corrected chi connectivity index (χ0v) is 12.9. The van der Waals surface area contributed by atoms with Gasteiger partial charge in [0.2, 0.25) is 5.28 Å². The van der Waals surface area contributed by atoms with E-state index >= 15 is 0 Å². The van der Waals surface area contributed by atoms with Crippen molar-refractivity contribution >= 4 is 39.0 Å². The summed E-state index contributed by atoms with van der Waals surface area (Å²) in [6.07, 6.45) is 0. The highest BCUT2D eigenvalue weighted by molar-refractivity contribution is 7.16.